The van der Waals surface area contributed by atoms with E-state index in [1.165, 1.54) is 12.1 Å². The van der Waals surface area contributed by atoms with E-state index in [1.54, 1.807) is 6.07 Å². The van der Waals surface area contributed by atoms with Crippen molar-refractivity contribution in [3.05, 3.63) is 57.8 Å². The van der Waals surface area contributed by atoms with Crippen LogP contribution in [0.15, 0.2) is 34.8 Å². The Kier molecular flexibility index (Phi) is 3.76. The molecule has 0 N–H and O–H groups in total. The molecule has 0 aliphatic heterocycles. The van der Waals surface area contributed by atoms with E-state index in [1.807, 2.05) is 0 Å². The second kappa shape index (κ2) is 5.33. The highest BCUT2D eigenvalue weighted by molar-refractivity contribution is 9.10. The molecule has 0 saturated heterocycles. The minimum atomic E-state index is -1.18. The van der Waals surface area contributed by atoms with Crippen molar-refractivity contribution in [2.45, 2.75) is 0 Å². The average molecular weight is 328 g/mol. The number of nitriles is 1. The van der Waals surface area contributed by atoms with Crippen LogP contribution in [0.25, 0.3) is 0 Å². The van der Waals surface area contributed by atoms with Crippen LogP contribution >= 0.6 is 15.9 Å². The van der Waals surface area contributed by atoms with E-state index >= 15 is 0 Å². The van der Waals surface area contributed by atoms with Gasteiger partial charge in [-0.25, -0.2) is 8.78 Å². The van der Waals surface area contributed by atoms with Crippen LogP contribution in [0, 0.1) is 28.8 Å². The molecule has 0 fully saturated rings. The van der Waals surface area contributed by atoms with Gasteiger partial charge in [-0.2, -0.15) is 9.65 Å². The van der Waals surface area contributed by atoms with Crippen molar-refractivity contribution in [3.63, 3.8) is 0 Å². The van der Waals surface area contributed by atoms with Gasteiger partial charge in [-0.05, 0) is 30.3 Å². The van der Waals surface area contributed by atoms with Gasteiger partial charge in [-0.15, -0.1) is 0 Å². The Bertz CT molecular complexity index is 682. The van der Waals surface area contributed by atoms with Gasteiger partial charge in [0.25, 0.3) is 0 Å². The van der Waals surface area contributed by atoms with Crippen molar-refractivity contribution < 1.29 is 17.9 Å². The topological polar surface area (TPSA) is 33.0 Å². The maximum absolute atomic E-state index is 13.5. The van der Waals surface area contributed by atoms with Gasteiger partial charge in [0.1, 0.15) is 17.6 Å². The van der Waals surface area contributed by atoms with Gasteiger partial charge in [0.2, 0.25) is 5.82 Å². The van der Waals surface area contributed by atoms with E-state index in [9.17, 15) is 13.2 Å². The van der Waals surface area contributed by atoms with Gasteiger partial charge in [0.15, 0.2) is 11.6 Å². The largest absolute Gasteiger partial charge is 0.453 e. The van der Waals surface area contributed by atoms with Crippen LogP contribution in [0.3, 0.4) is 0 Å². The summed E-state index contributed by atoms with van der Waals surface area (Å²) < 4.78 is 45.0. The van der Waals surface area contributed by atoms with Crippen LogP contribution in [-0.4, -0.2) is 0 Å². The molecule has 0 heterocycles. The number of hydrogen-bond donors (Lipinski definition) is 0. The monoisotopic (exact) mass is 327 g/mol. The molecule has 19 heavy (non-hydrogen) atoms. The fraction of sp³-hybridized carbons (Fsp3) is 0. The fourth-order valence-corrected chi connectivity index (χ4v) is 1.81. The lowest BCUT2D eigenvalue weighted by atomic mass is 10.2. The average Bonchev–Trinajstić information content (AvgIpc) is 2.37. The van der Waals surface area contributed by atoms with Gasteiger partial charge in [0, 0.05) is 4.47 Å². The van der Waals surface area contributed by atoms with Crippen LogP contribution in [-0.2, 0) is 0 Å². The molecule has 2 aromatic carbocycles. The number of ether oxygens (including phenoxy) is 1. The Morgan fingerprint density at radius 3 is 2.47 bits per heavy atom. The SMILES string of the molecule is N#Cc1cc(F)ccc1Oc1cc(Br)cc(F)c1F. The predicted molar refractivity (Wildman–Crippen MR) is 65.2 cm³/mol. The van der Waals surface area contributed by atoms with E-state index < -0.39 is 23.2 Å². The molecule has 0 amide bonds. The Morgan fingerprint density at radius 1 is 1.05 bits per heavy atom. The summed E-state index contributed by atoms with van der Waals surface area (Å²) in [5, 5.41) is 8.83. The van der Waals surface area contributed by atoms with E-state index in [0.717, 1.165) is 18.2 Å². The molecule has 0 radical (unpaired) electrons. The minimum Gasteiger partial charge on any atom is -0.453 e. The smallest absolute Gasteiger partial charge is 0.201 e. The molecule has 0 aliphatic rings. The van der Waals surface area contributed by atoms with Gasteiger partial charge in [-0.3, -0.25) is 0 Å². The zero-order valence-corrected chi connectivity index (χ0v) is 10.8. The second-order valence-electron chi connectivity index (χ2n) is 3.55. The zero-order chi connectivity index (χ0) is 14.0. The van der Waals surface area contributed by atoms with E-state index in [0.29, 0.717) is 0 Å². The standard InChI is InChI=1S/C13H5BrF3NO/c14-8-4-10(16)13(17)12(5-8)19-11-2-1-9(15)3-7(11)6-18/h1-5H. The Morgan fingerprint density at radius 2 is 1.79 bits per heavy atom. The van der Waals surface area contributed by atoms with Crippen molar-refractivity contribution in [2.24, 2.45) is 0 Å². The van der Waals surface area contributed by atoms with Gasteiger partial charge in [0.05, 0.1) is 5.56 Å². The summed E-state index contributed by atoms with van der Waals surface area (Å²) in [6, 6.07) is 7.04. The maximum Gasteiger partial charge on any atom is 0.201 e. The first-order chi connectivity index (χ1) is 9.01. The number of halogens is 4. The summed E-state index contributed by atoms with van der Waals surface area (Å²) in [5.41, 5.74) is -0.111. The van der Waals surface area contributed by atoms with Gasteiger partial charge >= 0.3 is 0 Å². The molecule has 0 saturated carbocycles. The summed E-state index contributed by atoms with van der Waals surface area (Å²) in [6.07, 6.45) is 0. The third kappa shape index (κ3) is 2.88. The first-order valence-corrected chi connectivity index (χ1v) is 5.82. The predicted octanol–water partition coefficient (Wildman–Crippen LogP) is 4.53. The second-order valence-corrected chi connectivity index (χ2v) is 4.47. The summed E-state index contributed by atoms with van der Waals surface area (Å²) in [4.78, 5) is 0. The normalized spacial score (nSPS) is 10.1. The molecule has 2 rings (SSSR count). The molecule has 0 aliphatic carbocycles. The first kappa shape index (κ1) is 13.4. The van der Waals surface area contributed by atoms with Crippen LogP contribution in [0.5, 0.6) is 11.5 Å². The Labute approximate surface area is 115 Å². The molecule has 0 unspecified atom stereocenters. The van der Waals surface area contributed by atoms with Crippen LogP contribution in [0.2, 0.25) is 0 Å². The lowest BCUT2D eigenvalue weighted by molar-refractivity contribution is 0.414. The van der Waals surface area contributed by atoms with Crippen LogP contribution < -0.4 is 4.74 Å². The third-order valence-corrected chi connectivity index (χ3v) is 2.70. The Hall–Kier alpha value is -2.00. The molecule has 0 atom stereocenters. The summed E-state index contributed by atoms with van der Waals surface area (Å²) in [5.74, 6) is -3.35. The van der Waals surface area contributed by atoms with Crippen molar-refractivity contribution in [1.82, 2.24) is 0 Å². The molecule has 0 bridgehead atoms. The molecular weight excluding hydrogens is 323 g/mol. The van der Waals surface area contributed by atoms with E-state index in [2.05, 4.69) is 15.9 Å². The van der Waals surface area contributed by atoms with E-state index in [4.69, 9.17) is 10.00 Å². The maximum atomic E-state index is 13.5. The molecule has 96 valence electrons. The molecule has 0 spiro atoms. The Balaban J connectivity index is 2.45. The molecule has 6 heteroatoms. The zero-order valence-electron chi connectivity index (χ0n) is 9.25. The van der Waals surface area contributed by atoms with Crippen molar-refractivity contribution in [3.8, 4) is 17.6 Å². The van der Waals surface area contributed by atoms with E-state index in [-0.39, 0.29) is 15.8 Å². The number of rotatable bonds is 2. The lowest BCUT2D eigenvalue weighted by Crippen LogP contribution is -1.94. The van der Waals surface area contributed by atoms with Crippen molar-refractivity contribution in [2.75, 3.05) is 0 Å². The highest BCUT2D eigenvalue weighted by Crippen LogP contribution is 2.31. The first-order valence-electron chi connectivity index (χ1n) is 5.03. The molecular formula is C13H5BrF3NO. The molecule has 0 aromatic heterocycles. The molecule has 2 nitrogen and oxygen atoms in total. The quantitative estimate of drug-likeness (QED) is 0.759. The van der Waals surface area contributed by atoms with Crippen molar-refractivity contribution >= 4 is 15.9 Å². The summed E-state index contributed by atoms with van der Waals surface area (Å²) in [7, 11) is 0. The fourth-order valence-electron chi connectivity index (χ4n) is 1.40. The molecule has 2 aromatic rings. The summed E-state index contributed by atoms with van der Waals surface area (Å²) in [6.45, 7) is 0. The number of hydrogen-bond acceptors (Lipinski definition) is 2. The van der Waals surface area contributed by atoms with Crippen LogP contribution in [0.4, 0.5) is 13.2 Å². The van der Waals surface area contributed by atoms with Gasteiger partial charge < -0.3 is 4.74 Å². The third-order valence-electron chi connectivity index (χ3n) is 2.24. The number of benzene rings is 2. The number of nitrogens with zero attached hydrogens (tertiary/aromatic N) is 1. The van der Waals surface area contributed by atoms with Crippen LogP contribution in [0.1, 0.15) is 5.56 Å². The highest BCUT2D eigenvalue weighted by Gasteiger charge is 2.14. The highest BCUT2D eigenvalue weighted by atomic mass is 79.9. The minimum absolute atomic E-state index is 0.0553. The lowest BCUT2D eigenvalue weighted by Gasteiger charge is -2.09. The van der Waals surface area contributed by atoms with Crippen molar-refractivity contribution in [1.29, 1.82) is 5.26 Å². The van der Waals surface area contributed by atoms with Gasteiger partial charge in [-0.1, -0.05) is 15.9 Å². The summed E-state index contributed by atoms with van der Waals surface area (Å²) >= 11 is 3.00.